The highest BCUT2D eigenvalue weighted by Gasteiger charge is 2.30. The Hall–Kier alpha value is -1.88. The minimum absolute atomic E-state index is 0.0399. The summed E-state index contributed by atoms with van der Waals surface area (Å²) in [5.41, 5.74) is 3.32. The molecule has 1 unspecified atom stereocenters. The number of aryl methyl sites for hydroxylation is 2. The second-order valence-corrected chi connectivity index (χ2v) is 5.47. The maximum absolute atomic E-state index is 12.6. The molecule has 1 aliphatic heterocycles. The molecule has 1 aromatic rings. The molecule has 5 nitrogen and oxygen atoms in total. The van der Waals surface area contributed by atoms with E-state index in [1.165, 1.54) is 18.2 Å². The lowest BCUT2D eigenvalue weighted by Gasteiger charge is -2.31. The largest absolute Gasteiger partial charge is 0.467 e. The summed E-state index contributed by atoms with van der Waals surface area (Å²) in [6, 6.07) is 5.93. The number of fused-ring (bicyclic) bond motifs is 1. The molecule has 1 atom stereocenters. The Morgan fingerprint density at radius 2 is 2.10 bits per heavy atom. The first-order valence-electron chi connectivity index (χ1n) is 7.29. The third-order valence-corrected chi connectivity index (χ3v) is 4.16. The van der Waals surface area contributed by atoms with Crippen LogP contribution in [0.25, 0.3) is 0 Å². The topological polar surface area (TPSA) is 55.8 Å². The number of esters is 1. The Balaban J connectivity index is 1.74. The number of carbonyl (C=O) groups excluding carboxylic acids is 2. The highest BCUT2D eigenvalue weighted by Crippen LogP contribution is 2.23. The smallest absolute Gasteiger partial charge is 0.336 e. The van der Waals surface area contributed by atoms with Gasteiger partial charge in [0.25, 0.3) is 5.91 Å². The molecular formula is C16H19NO4. The molecule has 1 amide bonds. The number of hydrogen-bond acceptors (Lipinski definition) is 4. The predicted molar refractivity (Wildman–Crippen MR) is 76.1 cm³/mol. The fourth-order valence-electron chi connectivity index (χ4n) is 3.00. The molecule has 0 bridgehead atoms. The lowest BCUT2D eigenvalue weighted by atomic mass is 10.1. The van der Waals surface area contributed by atoms with E-state index in [1.807, 2.05) is 18.2 Å². The summed E-state index contributed by atoms with van der Waals surface area (Å²) < 4.78 is 10.0. The van der Waals surface area contributed by atoms with Gasteiger partial charge in [0.15, 0.2) is 6.10 Å². The van der Waals surface area contributed by atoms with E-state index in [9.17, 15) is 9.59 Å². The van der Waals surface area contributed by atoms with Crippen molar-refractivity contribution in [1.29, 1.82) is 0 Å². The first-order chi connectivity index (χ1) is 10.2. The highest BCUT2D eigenvalue weighted by molar-refractivity contribution is 5.95. The lowest BCUT2D eigenvalue weighted by Crippen LogP contribution is -2.48. The Bertz CT molecular complexity index is 569. The number of ether oxygens (including phenoxy) is 2. The van der Waals surface area contributed by atoms with Gasteiger partial charge in [0.1, 0.15) is 0 Å². The van der Waals surface area contributed by atoms with Crippen LogP contribution in [0.2, 0.25) is 0 Å². The molecule has 5 heteroatoms. The minimum atomic E-state index is -0.679. The Morgan fingerprint density at radius 1 is 1.29 bits per heavy atom. The molecule has 1 fully saturated rings. The van der Waals surface area contributed by atoms with Crippen molar-refractivity contribution in [2.45, 2.75) is 25.4 Å². The number of methoxy groups -OCH3 is 1. The molecule has 3 rings (SSSR count). The first kappa shape index (κ1) is 14.1. The van der Waals surface area contributed by atoms with Crippen LogP contribution >= 0.6 is 0 Å². The Morgan fingerprint density at radius 3 is 2.90 bits per heavy atom. The van der Waals surface area contributed by atoms with Crippen LogP contribution in [-0.2, 0) is 27.1 Å². The normalized spacial score (nSPS) is 21.0. The van der Waals surface area contributed by atoms with Crippen molar-refractivity contribution in [2.75, 3.05) is 26.8 Å². The second kappa shape index (κ2) is 5.85. The van der Waals surface area contributed by atoms with E-state index in [0.29, 0.717) is 18.7 Å². The molecular weight excluding hydrogens is 270 g/mol. The van der Waals surface area contributed by atoms with Gasteiger partial charge in [-0.1, -0.05) is 6.07 Å². The van der Waals surface area contributed by atoms with Gasteiger partial charge < -0.3 is 14.4 Å². The zero-order valence-electron chi connectivity index (χ0n) is 12.1. The molecule has 2 aliphatic rings. The van der Waals surface area contributed by atoms with Crippen molar-refractivity contribution in [1.82, 2.24) is 4.90 Å². The first-order valence-corrected chi connectivity index (χ1v) is 7.29. The fraction of sp³-hybridized carbons (Fsp3) is 0.500. The van der Waals surface area contributed by atoms with Crippen LogP contribution in [-0.4, -0.2) is 49.7 Å². The number of carbonyl (C=O) groups is 2. The van der Waals surface area contributed by atoms with Gasteiger partial charge in [-0.05, 0) is 42.5 Å². The van der Waals surface area contributed by atoms with Crippen LogP contribution in [0.3, 0.4) is 0 Å². The summed E-state index contributed by atoms with van der Waals surface area (Å²) in [4.78, 5) is 25.8. The van der Waals surface area contributed by atoms with E-state index < -0.39 is 12.1 Å². The highest BCUT2D eigenvalue weighted by atomic mass is 16.6. The van der Waals surface area contributed by atoms with Crippen molar-refractivity contribution in [3.63, 3.8) is 0 Å². The number of hydrogen-bond donors (Lipinski definition) is 0. The van der Waals surface area contributed by atoms with Gasteiger partial charge >= 0.3 is 5.97 Å². The molecule has 0 aromatic heterocycles. The van der Waals surface area contributed by atoms with Gasteiger partial charge in [0.2, 0.25) is 0 Å². The second-order valence-electron chi connectivity index (χ2n) is 5.47. The van der Waals surface area contributed by atoms with Crippen LogP contribution in [0.5, 0.6) is 0 Å². The number of nitrogens with zero attached hydrogens (tertiary/aromatic N) is 1. The van der Waals surface area contributed by atoms with Crippen LogP contribution < -0.4 is 0 Å². The summed E-state index contributed by atoms with van der Waals surface area (Å²) in [5, 5.41) is 0. The molecule has 112 valence electrons. The SMILES string of the molecule is COC(=O)C1CN(C(=O)c2ccc3c(c2)CCC3)CCO1. The molecule has 1 saturated heterocycles. The van der Waals surface area contributed by atoms with E-state index in [-0.39, 0.29) is 12.5 Å². The van der Waals surface area contributed by atoms with Gasteiger partial charge in [0.05, 0.1) is 20.3 Å². The maximum atomic E-state index is 12.6. The van der Waals surface area contributed by atoms with E-state index in [2.05, 4.69) is 4.74 Å². The molecule has 21 heavy (non-hydrogen) atoms. The molecule has 0 N–H and O–H groups in total. The van der Waals surface area contributed by atoms with Crippen molar-refractivity contribution in [3.8, 4) is 0 Å². The lowest BCUT2D eigenvalue weighted by molar-refractivity contribution is -0.158. The van der Waals surface area contributed by atoms with Crippen LogP contribution in [0.1, 0.15) is 27.9 Å². The number of rotatable bonds is 2. The molecule has 1 heterocycles. The van der Waals surface area contributed by atoms with Crippen molar-refractivity contribution in [3.05, 3.63) is 34.9 Å². The summed E-state index contributed by atoms with van der Waals surface area (Å²) >= 11 is 0. The van der Waals surface area contributed by atoms with E-state index >= 15 is 0 Å². The fourth-order valence-corrected chi connectivity index (χ4v) is 3.00. The van der Waals surface area contributed by atoms with E-state index in [1.54, 1.807) is 4.90 Å². The van der Waals surface area contributed by atoms with E-state index in [0.717, 1.165) is 19.3 Å². The van der Waals surface area contributed by atoms with Gasteiger partial charge in [-0.2, -0.15) is 0 Å². The van der Waals surface area contributed by atoms with Crippen LogP contribution in [0.4, 0.5) is 0 Å². The molecule has 0 radical (unpaired) electrons. The zero-order valence-corrected chi connectivity index (χ0v) is 12.1. The molecule has 0 saturated carbocycles. The van der Waals surface area contributed by atoms with Crippen LogP contribution in [0.15, 0.2) is 18.2 Å². The monoisotopic (exact) mass is 289 g/mol. The minimum Gasteiger partial charge on any atom is -0.467 e. The van der Waals surface area contributed by atoms with Gasteiger partial charge in [-0.25, -0.2) is 4.79 Å². The third-order valence-electron chi connectivity index (χ3n) is 4.16. The summed E-state index contributed by atoms with van der Waals surface area (Å²) in [5.74, 6) is -0.469. The van der Waals surface area contributed by atoms with Gasteiger partial charge in [0, 0.05) is 12.1 Å². The van der Waals surface area contributed by atoms with Crippen molar-refractivity contribution < 1.29 is 19.1 Å². The van der Waals surface area contributed by atoms with Crippen molar-refractivity contribution in [2.24, 2.45) is 0 Å². The Kier molecular flexibility index (Phi) is 3.92. The molecule has 0 spiro atoms. The summed E-state index contributed by atoms with van der Waals surface area (Å²) in [6.07, 6.45) is 2.63. The molecule has 1 aromatic carbocycles. The number of benzene rings is 1. The van der Waals surface area contributed by atoms with Crippen molar-refractivity contribution >= 4 is 11.9 Å². The maximum Gasteiger partial charge on any atom is 0.336 e. The summed E-state index contributed by atoms with van der Waals surface area (Å²) in [7, 11) is 1.33. The summed E-state index contributed by atoms with van der Waals surface area (Å²) in [6.45, 7) is 1.11. The predicted octanol–water partition coefficient (Wildman–Crippen LogP) is 1.19. The average Bonchev–Trinajstić information content (AvgIpc) is 3.01. The van der Waals surface area contributed by atoms with Gasteiger partial charge in [-0.3, -0.25) is 4.79 Å². The number of morpholine rings is 1. The zero-order chi connectivity index (χ0) is 14.8. The number of amides is 1. The quantitative estimate of drug-likeness (QED) is 0.767. The van der Waals surface area contributed by atoms with Gasteiger partial charge in [-0.15, -0.1) is 0 Å². The molecule has 1 aliphatic carbocycles. The van der Waals surface area contributed by atoms with E-state index in [4.69, 9.17) is 4.74 Å². The third kappa shape index (κ3) is 2.78. The average molecular weight is 289 g/mol. The van der Waals surface area contributed by atoms with Crippen LogP contribution in [0, 0.1) is 0 Å². The standard InChI is InChI=1S/C16H19NO4/c1-20-16(19)14-10-17(7-8-21-14)15(18)13-6-5-11-3-2-4-12(11)9-13/h5-6,9,14H,2-4,7-8,10H2,1H3. The Labute approximate surface area is 123 Å².